The fourth-order valence-corrected chi connectivity index (χ4v) is 4.70. The molecule has 2 bridgehead atoms. The molecule has 2 aliphatic carbocycles. The highest BCUT2D eigenvalue weighted by atomic mass is 16.5. The molecule has 0 saturated heterocycles. The molecule has 0 spiro atoms. The largest absolute Gasteiger partial charge is 0.452 e. The Hall–Kier alpha value is -2.57. The van der Waals surface area contributed by atoms with Crippen molar-refractivity contribution in [2.75, 3.05) is 11.9 Å². The van der Waals surface area contributed by atoms with E-state index in [0.717, 1.165) is 12.8 Å². The zero-order valence-electron chi connectivity index (χ0n) is 16.0. The van der Waals surface area contributed by atoms with E-state index in [0.29, 0.717) is 17.2 Å². The van der Waals surface area contributed by atoms with E-state index in [4.69, 9.17) is 10.5 Å². The molecule has 27 heavy (non-hydrogen) atoms. The first-order valence-corrected chi connectivity index (χ1v) is 9.26. The van der Waals surface area contributed by atoms with Crippen LogP contribution in [0.1, 0.15) is 50.4 Å². The van der Waals surface area contributed by atoms with Gasteiger partial charge in [0.25, 0.3) is 5.91 Å². The molecule has 3 amide bonds. The number of primary amides is 1. The summed E-state index contributed by atoms with van der Waals surface area (Å²) in [6.07, 6.45) is 3.31. The van der Waals surface area contributed by atoms with Crippen molar-refractivity contribution in [3.63, 3.8) is 0 Å². The second kappa shape index (κ2) is 6.87. The van der Waals surface area contributed by atoms with Crippen LogP contribution in [0, 0.1) is 16.7 Å². The third-order valence-electron chi connectivity index (χ3n) is 6.85. The number of esters is 1. The number of fused-ring (bicyclic) bond motifs is 2. The van der Waals surface area contributed by atoms with Crippen LogP contribution in [0.2, 0.25) is 0 Å². The average Bonchev–Trinajstić information content (AvgIpc) is 2.93. The summed E-state index contributed by atoms with van der Waals surface area (Å²) in [5.41, 5.74) is 6.10. The number of rotatable bonds is 5. The second-order valence-corrected chi connectivity index (χ2v) is 8.37. The lowest BCUT2D eigenvalue weighted by Gasteiger charge is -2.39. The maximum atomic E-state index is 12.3. The van der Waals surface area contributed by atoms with Crippen molar-refractivity contribution in [3.05, 3.63) is 29.8 Å². The molecule has 0 radical (unpaired) electrons. The number of amides is 3. The van der Waals surface area contributed by atoms with Gasteiger partial charge in [-0.3, -0.25) is 4.79 Å². The van der Waals surface area contributed by atoms with E-state index in [1.54, 1.807) is 12.1 Å². The van der Waals surface area contributed by atoms with Gasteiger partial charge in [0, 0.05) is 11.7 Å². The molecule has 1 aromatic carbocycles. The van der Waals surface area contributed by atoms with Crippen molar-refractivity contribution in [3.8, 4) is 0 Å². The Balaban J connectivity index is 1.51. The van der Waals surface area contributed by atoms with Crippen LogP contribution < -0.4 is 16.4 Å². The zero-order chi connectivity index (χ0) is 19.8. The van der Waals surface area contributed by atoms with E-state index in [1.807, 2.05) is 0 Å². The van der Waals surface area contributed by atoms with Crippen molar-refractivity contribution < 1.29 is 19.1 Å². The molecule has 7 nitrogen and oxygen atoms in total. The van der Waals surface area contributed by atoms with Crippen molar-refractivity contribution in [2.24, 2.45) is 22.5 Å². The van der Waals surface area contributed by atoms with Crippen LogP contribution >= 0.6 is 0 Å². The van der Waals surface area contributed by atoms with Gasteiger partial charge in [-0.05, 0) is 60.3 Å². The Kier molecular flexibility index (Phi) is 4.88. The molecule has 7 heteroatoms. The quantitative estimate of drug-likeness (QED) is 0.689. The van der Waals surface area contributed by atoms with E-state index in [2.05, 4.69) is 31.4 Å². The number of nitrogens with one attached hydrogen (secondary N) is 2. The van der Waals surface area contributed by atoms with Gasteiger partial charge >= 0.3 is 12.0 Å². The van der Waals surface area contributed by atoms with E-state index < -0.39 is 12.0 Å². The maximum absolute atomic E-state index is 12.3. The normalized spacial score (nSPS) is 27.8. The van der Waals surface area contributed by atoms with Gasteiger partial charge in [-0.15, -0.1) is 0 Å². The number of benzene rings is 1. The molecule has 3 atom stereocenters. The smallest absolute Gasteiger partial charge is 0.338 e. The topological polar surface area (TPSA) is 111 Å². The number of anilines is 1. The molecule has 2 fully saturated rings. The molecule has 1 aromatic rings. The number of ether oxygens (including phenoxy) is 1. The molecule has 4 N–H and O–H groups in total. The summed E-state index contributed by atoms with van der Waals surface area (Å²) in [5, 5.41) is 5.47. The van der Waals surface area contributed by atoms with E-state index in [-0.39, 0.29) is 29.4 Å². The molecule has 0 aromatic heterocycles. The van der Waals surface area contributed by atoms with Gasteiger partial charge in [-0.2, -0.15) is 0 Å². The van der Waals surface area contributed by atoms with Gasteiger partial charge in [-0.1, -0.05) is 20.8 Å². The SMILES string of the molecule is CC1(C)C2CCC1(C)C(NC(=O)COC(=O)c1ccc(NC(N)=O)cc1)C2. The number of urea groups is 1. The third kappa shape index (κ3) is 3.50. The summed E-state index contributed by atoms with van der Waals surface area (Å²) in [7, 11) is 0. The highest BCUT2D eigenvalue weighted by molar-refractivity contribution is 5.93. The standard InChI is InChI=1S/C20H27N3O4/c1-19(2)13-8-9-20(19,3)15(10-13)23-16(24)11-27-17(25)12-4-6-14(7-5-12)22-18(21)26/h4-7,13,15H,8-11H2,1-3H3,(H,23,24)(H3,21,22,26). The monoisotopic (exact) mass is 373 g/mol. The van der Waals surface area contributed by atoms with Crippen molar-refractivity contribution in [1.29, 1.82) is 0 Å². The number of carbonyl (C=O) groups excluding carboxylic acids is 3. The van der Waals surface area contributed by atoms with Crippen molar-refractivity contribution in [2.45, 2.75) is 46.1 Å². The van der Waals surface area contributed by atoms with Crippen LogP contribution in [0.4, 0.5) is 10.5 Å². The van der Waals surface area contributed by atoms with Crippen LogP contribution in [0.5, 0.6) is 0 Å². The Morgan fingerprint density at radius 2 is 1.85 bits per heavy atom. The summed E-state index contributed by atoms with van der Waals surface area (Å²) in [6.45, 7) is 6.51. The van der Waals surface area contributed by atoms with Gasteiger partial charge in [0.1, 0.15) is 0 Å². The Bertz CT molecular complexity index is 759. The Labute approximate surface area is 159 Å². The van der Waals surface area contributed by atoms with Gasteiger partial charge in [0.05, 0.1) is 5.56 Å². The van der Waals surface area contributed by atoms with E-state index >= 15 is 0 Å². The van der Waals surface area contributed by atoms with Crippen molar-refractivity contribution in [1.82, 2.24) is 5.32 Å². The highest BCUT2D eigenvalue weighted by Crippen LogP contribution is 2.65. The summed E-state index contributed by atoms with van der Waals surface area (Å²) in [4.78, 5) is 35.2. The van der Waals surface area contributed by atoms with Gasteiger partial charge in [0.2, 0.25) is 0 Å². The summed E-state index contributed by atoms with van der Waals surface area (Å²) in [6, 6.07) is 5.53. The van der Waals surface area contributed by atoms with Crippen molar-refractivity contribution >= 4 is 23.6 Å². The minimum absolute atomic E-state index is 0.0839. The number of hydrogen-bond acceptors (Lipinski definition) is 4. The predicted octanol–water partition coefficient (Wildman–Crippen LogP) is 2.67. The summed E-state index contributed by atoms with van der Waals surface area (Å²) >= 11 is 0. The molecule has 146 valence electrons. The van der Waals surface area contributed by atoms with E-state index in [1.165, 1.54) is 18.6 Å². The van der Waals surface area contributed by atoms with Crippen LogP contribution in [-0.2, 0) is 9.53 Å². The molecule has 0 aliphatic heterocycles. The van der Waals surface area contributed by atoms with Crippen LogP contribution in [0.15, 0.2) is 24.3 Å². The molecule has 0 heterocycles. The summed E-state index contributed by atoms with van der Waals surface area (Å²) in [5.74, 6) is -0.233. The lowest BCUT2D eigenvalue weighted by Crippen LogP contribution is -2.48. The number of hydrogen-bond donors (Lipinski definition) is 3. The number of nitrogens with two attached hydrogens (primary N) is 1. The molecule has 3 unspecified atom stereocenters. The lowest BCUT2D eigenvalue weighted by atomic mass is 9.69. The molecule has 2 aliphatic rings. The third-order valence-corrected chi connectivity index (χ3v) is 6.85. The maximum Gasteiger partial charge on any atom is 0.338 e. The van der Waals surface area contributed by atoms with Crippen LogP contribution in [0.3, 0.4) is 0 Å². The molecular formula is C20H27N3O4. The Morgan fingerprint density at radius 1 is 1.19 bits per heavy atom. The fourth-order valence-electron chi connectivity index (χ4n) is 4.70. The van der Waals surface area contributed by atoms with E-state index in [9.17, 15) is 14.4 Å². The highest BCUT2D eigenvalue weighted by Gasteiger charge is 2.61. The van der Waals surface area contributed by atoms with Gasteiger partial charge in [0.15, 0.2) is 6.61 Å². The Morgan fingerprint density at radius 3 is 2.37 bits per heavy atom. The van der Waals surface area contributed by atoms with Crippen LogP contribution in [0.25, 0.3) is 0 Å². The molecule has 3 rings (SSSR count). The van der Waals surface area contributed by atoms with Gasteiger partial charge < -0.3 is 21.1 Å². The number of carbonyl (C=O) groups is 3. The second-order valence-electron chi connectivity index (χ2n) is 8.37. The first-order chi connectivity index (χ1) is 12.6. The summed E-state index contributed by atoms with van der Waals surface area (Å²) < 4.78 is 5.12. The first kappa shape index (κ1) is 19.2. The fraction of sp³-hybridized carbons (Fsp3) is 0.550. The van der Waals surface area contributed by atoms with Gasteiger partial charge in [-0.25, -0.2) is 9.59 Å². The zero-order valence-corrected chi connectivity index (χ0v) is 16.0. The predicted molar refractivity (Wildman–Crippen MR) is 101 cm³/mol. The molecule has 2 saturated carbocycles. The molecular weight excluding hydrogens is 346 g/mol. The van der Waals surface area contributed by atoms with Crippen LogP contribution in [-0.4, -0.2) is 30.6 Å². The first-order valence-electron chi connectivity index (χ1n) is 9.26. The minimum atomic E-state index is -0.681. The average molecular weight is 373 g/mol. The minimum Gasteiger partial charge on any atom is -0.452 e. The lowest BCUT2D eigenvalue weighted by molar-refractivity contribution is -0.126.